The molecular formula is C16H15F3N6O. The summed E-state index contributed by atoms with van der Waals surface area (Å²) in [4.78, 5) is 6.05. The second-order valence-electron chi connectivity index (χ2n) is 6.22. The molecule has 0 aromatic carbocycles. The van der Waals surface area contributed by atoms with Gasteiger partial charge in [0, 0.05) is 19.3 Å². The molecule has 3 aromatic heterocycles. The number of alkyl halides is 3. The summed E-state index contributed by atoms with van der Waals surface area (Å²) < 4.78 is 39.7. The van der Waals surface area contributed by atoms with Gasteiger partial charge >= 0.3 is 6.18 Å². The van der Waals surface area contributed by atoms with Gasteiger partial charge in [-0.3, -0.25) is 4.98 Å². The normalized spacial score (nSPS) is 17.6. The van der Waals surface area contributed by atoms with Gasteiger partial charge in [0.1, 0.15) is 11.4 Å². The Kier molecular flexibility index (Phi) is 3.79. The van der Waals surface area contributed by atoms with Crippen LogP contribution in [0.15, 0.2) is 36.5 Å². The maximum absolute atomic E-state index is 13.0. The highest BCUT2D eigenvalue weighted by Crippen LogP contribution is 2.33. The summed E-state index contributed by atoms with van der Waals surface area (Å²) in [6.07, 6.45) is -2.21. The molecule has 0 unspecified atom stereocenters. The zero-order valence-corrected chi connectivity index (χ0v) is 13.6. The minimum absolute atomic E-state index is 0.0306. The SMILES string of the molecule is OC1(c2ccccn2)CCN(c2ccc3nnc(C(F)(F)F)n3n2)CC1. The smallest absolute Gasteiger partial charge is 0.383 e. The van der Waals surface area contributed by atoms with Crippen LogP contribution in [-0.4, -0.2) is 43.0 Å². The van der Waals surface area contributed by atoms with E-state index in [4.69, 9.17) is 0 Å². The van der Waals surface area contributed by atoms with Crippen LogP contribution in [0.5, 0.6) is 0 Å². The lowest BCUT2D eigenvalue weighted by Gasteiger charge is -2.38. The molecule has 0 amide bonds. The van der Waals surface area contributed by atoms with Crippen molar-refractivity contribution in [2.45, 2.75) is 24.6 Å². The van der Waals surface area contributed by atoms with Crippen LogP contribution >= 0.6 is 0 Å². The number of anilines is 1. The first-order valence-corrected chi connectivity index (χ1v) is 8.05. The van der Waals surface area contributed by atoms with Crippen LogP contribution in [0.3, 0.4) is 0 Å². The molecule has 26 heavy (non-hydrogen) atoms. The van der Waals surface area contributed by atoms with Gasteiger partial charge in [-0.1, -0.05) is 6.07 Å². The van der Waals surface area contributed by atoms with Gasteiger partial charge in [-0.05, 0) is 37.1 Å². The van der Waals surface area contributed by atoms with Gasteiger partial charge in [0.25, 0.3) is 5.82 Å². The molecule has 0 bridgehead atoms. The van der Waals surface area contributed by atoms with Crippen LogP contribution < -0.4 is 4.90 Å². The van der Waals surface area contributed by atoms with E-state index in [1.807, 2.05) is 11.0 Å². The topological polar surface area (TPSA) is 79.4 Å². The molecular weight excluding hydrogens is 349 g/mol. The first-order chi connectivity index (χ1) is 12.4. The highest BCUT2D eigenvalue weighted by molar-refractivity contribution is 5.46. The molecule has 3 aromatic rings. The average molecular weight is 364 g/mol. The third-order valence-corrected chi connectivity index (χ3v) is 4.56. The molecule has 7 nitrogen and oxygen atoms in total. The van der Waals surface area contributed by atoms with Crippen molar-refractivity contribution in [2.24, 2.45) is 0 Å². The first kappa shape index (κ1) is 16.7. The van der Waals surface area contributed by atoms with E-state index in [1.165, 1.54) is 6.07 Å². The standard InChI is InChI=1S/C16H15F3N6O/c17-16(18,19)14-22-21-12-4-5-13(23-25(12)14)24-9-6-15(26,7-10-24)11-3-1-2-8-20-11/h1-5,8,26H,6-7,9-10H2. The molecule has 1 aliphatic rings. The minimum atomic E-state index is -4.63. The Morgan fingerprint density at radius 1 is 1.04 bits per heavy atom. The Hall–Kier alpha value is -2.75. The highest BCUT2D eigenvalue weighted by Gasteiger charge is 2.38. The van der Waals surface area contributed by atoms with E-state index in [0.717, 1.165) is 0 Å². The van der Waals surface area contributed by atoms with E-state index in [9.17, 15) is 18.3 Å². The van der Waals surface area contributed by atoms with Gasteiger partial charge in [-0.25, -0.2) is 0 Å². The quantitative estimate of drug-likeness (QED) is 0.750. The summed E-state index contributed by atoms with van der Waals surface area (Å²) in [6, 6.07) is 8.41. The largest absolute Gasteiger partial charge is 0.453 e. The summed E-state index contributed by atoms with van der Waals surface area (Å²) in [5.41, 5.74) is -0.417. The molecule has 0 saturated carbocycles. The van der Waals surface area contributed by atoms with E-state index in [-0.39, 0.29) is 5.65 Å². The van der Waals surface area contributed by atoms with Gasteiger partial charge in [0.05, 0.1) is 5.69 Å². The number of pyridine rings is 1. The van der Waals surface area contributed by atoms with E-state index < -0.39 is 17.6 Å². The molecule has 0 spiro atoms. The molecule has 0 radical (unpaired) electrons. The lowest BCUT2D eigenvalue weighted by Crippen LogP contribution is -2.43. The summed E-state index contributed by atoms with van der Waals surface area (Å²) in [5.74, 6) is -0.776. The van der Waals surface area contributed by atoms with Gasteiger partial charge in [-0.15, -0.1) is 15.3 Å². The monoisotopic (exact) mass is 364 g/mol. The summed E-state index contributed by atoms with van der Waals surface area (Å²) in [6.45, 7) is 0.879. The molecule has 1 saturated heterocycles. The van der Waals surface area contributed by atoms with Gasteiger partial charge < -0.3 is 10.0 Å². The fraction of sp³-hybridized carbons (Fsp3) is 0.375. The molecule has 1 aliphatic heterocycles. The second-order valence-corrected chi connectivity index (χ2v) is 6.22. The number of rotatable bonds is 2. The number of aromatic nitrogens is 5. The Labute approximate surface area is 146 Å². The van der Waals surface area contributed by atoms with Crippen molar-refractivity contribution in [3.8, 4) is 0 Å². The van der Waals surface area contributed by atoms with Crippen molar-refractivity contribution in [3.63, 3.8) is 0 Å². The van der Waals surface area contributed by atoms with Crippen molar-refractivity contribution in [2.75, 3.05) is 18.0 Å². The fourth-order valence-corrected chi connectivity index (χ4v) is 3.12. The predicted molar refractivity (Wildman–Crippen MR) is 85.4 cm³/mol. The van der Waals surface area contributed by atoms with Crippen LogP contribution in [0, 0.1) is 0 Å². The third kappa shape index (κ3) is 2.85. The van der Waals surface area contributed by atoms with E-state index in [1.54, 1.807) is 24.4 Å². The number of hydrogen-bond acceptors (Lipinski definition) is 6. The van der Waals surface area contributed by atoms with Crippen LogP contribution in [0.1, 0.15) is 24.4 Å². The zero-order chi connectivity index (χ0) is 18.4. The Morgan fingerprint density at radius 3 is 2.46 bits per heavy atom. The lowest BCUT2D eigenvalue weighted by molar-refractivity contribution is -0.146. The Bertz CT molecular complexity index is 919. The van der Waals surface area contributed by atoms with Crippen molar-refractivity contribution in [3.05, 3.63) is 48.0 Å². The number of hydrogen-bond donors (Lipinski definition) is 1. The molecule has 1 fully saturated rings. The maximum Gasteiger partial charge on any atom is 0.453 e. The Balaban J connectivity index is 1.58. The molecule has 0 aliphatic carbocycles. The Morgan fingerprint density at radius 2 is 1.81 bits per heavy atom. The van der Waals surface area contributed by atoms with Crippen molar-refractivity contribution < 1.29 is 18.3 Å². The van der Waals surface area contributed by atoms with Crippen molar-refractivity contribution in [1.29, 1.82) is 0 Å². The lowest BCUT2D eigenvalue weighted by atomic mass is 9.88. The number of aliphatic hydroxyl groups is 1. The van der Waals surface area contributed by atoms with E-state index in [0.29, 0.717) is 42.0 Å². The zero-order valence-electron chi connectivity index (χ0n) is 13.6. The van der Waals surface area contributed by atoms with E-state index in [2.05, 4.69) is 20.3 Å². The second kappa shape index (κ2) is 5.90. The molecule has 4 rings (SSSR count). The number of piperidine rings is 1. The van der Waals surface area contributed by atoms with Gasteiger partial charge in [-0.2, -0.15) is 17.7 Å². The number of fused-ring (bicyclic) bond motifs is 1. The molecule has 136 valence electrons. The maximum atomic E-state index is 13.0. The number of nitrogens with zero attached hydrogens (tertiary/aromatic N) is 6. The molecule has 10 heteroatoms. The van der Waals surface area contributed by atoms with Crippen molar-refractivity contribution >= 4 is 11.5 Å². The van der Waals surface area contributed by atoms with Crippen LogP contribution in [0.4, 0.5) is 19.0 Å². The number of halogens is 3. The third-order valence-electron chi connectivity index (χ3n) is 4.56. The predicted octanol–water partition coefficient (Wildman–Crippen LogP) is 2.03. The van der Waals surface area contributed by atoms with Crippen LogP contribution in [0.25, 0.3) is 5.65 Å². The van der Waals surface area contributed by atoms with Gasteiger partial charge in [0.2, 0.25) is 0 Å². The van der Waals surface area contributed by atoms with Crippen LogP contribution in [-0.2, 0) is 11.8 Å². The molecule has 1 N–H and O–H groups in total. The summed E-state index contributed by atoms with van der Waals surface area (Å²) in [5, 5.41) is 21.5. The fourth-order valence-electron chi connectivity index (χ4n) is 3.12. The summed E-state index contributed by atoms with van der Waals surface area (Å²) in [7, 11) is 0. The van der Waals surface area contributed by atoms with E-state index >= 15 is 0 Å². The molecule has 4 heterocycles. The van der Waals surface area contributed by atoms with Crippen molar-refractivity contribution in [1.82, 2.24) is 24.8 Å². The summed E-state index contributed by atoms with van der Waals surface area (Å²) >= 11 is 0. The van der Waals surface area contributed by atoms with Gasteiger partial charge in [0.15, 0.2) is 5.65 Å². The molecule has 0 atom stereocenters. The average Bonchev–Trinajstić information content (AvgIpc) is 3.07. The van der Waals surface area contributed by atoms with Crippen LogP contribution in [0.2, 0.25) is 0 Å². The minimum Gasteiger partial charge on any atom is -0.383 e. The highest BCUT2D eigenvalue weighted by atomic mass is 19.4. The first-order valence-electron chi connectivity index (χ1n) is 8.05.